The SMILES string of the molecule is Cc1cc(Br)cc(Br)c1OCC(=O)NC(C)c1ccccc1. The molecule has 22 heavy (non-hydrogen) atoms. The summed E-state index contributed by atoms with van der Waals surface area (Å²) in [6.45, 7) is 3.88. The third-order valence-corrected chi connectivity index (χ3v) is 4.27. The lowest BCUT2D eigenvalue weighted by molar-refractivity contribution is -0.123. The van der Waals surface area contributed by atoms with Crippen LogP contribution < -0.4 is 10.1 Å². The highest BCUT2D eigenvalue weighted by Crippen LogP contribution is 2.32. The Balaban J connectivity index is 1.94. The number of aryl methyl sites for hydroxylation is 1. The average molecular weight is 427 g/mol. The molecule has 2 aromatic rings. The fourth-order valence-electron chi connectivity index (χ4n) is 2.12. The molecular weight excluding hydrogens is 410 g/mol. The maximum absolute atomic E-state index is 12.0. The van der Waals surface area contributed by atoms with Gasteiger partial charge >= 0.3 is 0 Å². The Morgan fingerprint density at radius 3 is 2.55 bits per heavy atom. The van der Waals surface area contributed by atoms with Gasteiger partial charge in [-0.25, -0.2) is 0 Å². The van der Waals surface area contributed by atoms with Gasteiger partial charge in [0, 0.05) is 4.47 Å². The highest BCUT2D eigenvalue weighted by Gasteiger charge is 2.12. The van der Waals surface area contributed by atoms with Gasteiger partial charge in [0.25, 0.3) is 5.91 Å². The number of carbonyl (C=O) groups excluding carboxylic acids is 1. The lowest BCUT2D eigenvalue weighted by atomic mass is 10.1. The summed E-state index contributed by atoms with van der Waals surface area (Å²) >= 11 is 6.87. The molecule has 1 amide bonds. The predicted molar refractivity (Wildman–Crippen MR) is 95.1 cm³/mol. The topological polar surface area (TPSA) is 38.3 Å². The number of benzene rings is 2. The Morgan fingerprint density at radius 2 is 1.91 bits per heavy atom. The van der Waals surface area contributed by atoms with E-state index in [2.05, 4.69) is 37.2 Å². The van der Waals surface area contributed by atoms with Crippen LogP contribution in [-0.2, 0) is 4.79 Å². The van der Waals surface area contributed by atoms with Gasteiger partial charge in [0.05, 0.1) is 10.5 Å². The first-order valence-corrected chi connectivity index (χ1v) is 8.48. The minimum atomic E-state index is -0.148. The summed E-state index contributed by atoms with van der Waals surface area (Å²) in [6, 6.07) is 13.6. The van der Waals surface area contributed by atoms with Gasteiger partial charge in [-0.15, -0.1) is 0 Å². The van der Waals surface area contributed by atoms with E-state index in [9.17, 15) is 4.79 Å². The molecule has 116 valence electrons. The van der Waals surface area contributed by atoms with Crippen molar-refractivity contribution in [2.24, 2.45) is 0 Å². The van der Waals surface area contributed by atoms with E-state index >= 15 is 0 Å². The Hall–Kier alpha value is -1.33. The van der Waals surface area contributed by atoms with Gasteiger partial charge in [-0.3, -0.25) is 4.79 Å². The number of hydrogen-bond acceptors (Lipinski definition) is 2. The molecule has 0 fully saturated rings. The van der Waals surface area contributed by atoms with Gasteiger partial charge in [-0.1, -0.05) is 46.3 Å². The minimum Gasteiger partial charge on any atom is -0.482 e. The largest absolute Gasteiger partial charge is 0.482 e. The molecular formula is C17H17Br2NO2. The number of amides is 1. The molecule has 3 nitrogen and oxygen atoms in total. The van der Waals surface area contributed by atoms with Gasteiger partial charge in [-0.05, 0) is 53.0 Å². The van der Waals surface area contributed by atoms with Crippen LogP contribution in [0, 0.1) is 6.92 Å². The molecule has 0 aliphatic carbocycles. The van der Waals surface area contributed by atoms with Crippen molar-refractivity contribution < 1.29 is 9.53 Å². The second-order valence-electron chi connectivity index (χ2n) is 5.02. The molecule has 0 aliphatic heterocycles. The van der Waals surface area contributed by atoms with Crippen molar-refractivity contribution in [3.63, 3.8) is 0 Å². The summed E-state index contributed by atoms with van der Waals surface area (Å²) in [5.41, 5.74) is 2.03. The van der Waals surface area contributed by atoms with E-state index in [1.165, 1.54) is 0 Å². The predicted octanol–water partition coefficient (Wildman–Crippen LogP) is 4.78. The molecule has 1 atom stereocenters. The second kappa shape index (κ2) is 7.79. The van der Waals surface area contributed by atoms with Crippen molar-refractivity contribution >= 4 is 37.8 Å². The fraction of sp³-hybridized carbons (Fsp3) is 0.235. The third kappa shape index (κ3) is 4.58. The maximum Gasteiger partial charge on any atom is 0.258 e. The summed E-state index contributed by atoms with van der Waals surface area (Å²) in [5, 5.41) is 2.93. The molecule has 2 rings (SSSR count). The molecule has 0 aliphatic rings. The number of halogens is 2. The highest BCUT2D eigenvalue weighted by atomic mass is 79.9. The maximum atomic E-state index is 12.0. The molecule has 0 spiro atoms. The van der Waals surface area contributed by atoms with E-state index in [-0.39, 0.29) is 18.6 Å². The number of hydrogen-bond donors (Lipinski definition) is 1. The summed E-state index contributed by atoms with van der Waals surface area (Å²) < 4.78 is 7.43. The van der Waals surface area contributed by atoms with Crippen LogP contribution in [0.2, 0.25) is 0 Å². The standard InChI is InChI=1S/C17H17Br2NO2/c1-11-8-14(18)9-15(19)17(11)22-10-16(21)20-12(2)13-6-4-3-5-7-13/h3-9,12H,10H2,1-2H3,(H,20,21). The Morgan fingerprint density at radius 1 is 1.23 bits per heavy atom. The summed E-state index contributed by atoms with van der Waals surface area (Å²) in [7, 11) is 0. The van der Waals surface area contributed by atoms with Gasteiger partial charge in [-0.2, -0.15) is 0 Å². The smallest absolute Gasteiger partial charge is 0.258 e. The molecule has 0 radical (unpaired) electrons. The molecule has 0 aromatic heterocycles. The lowest BCUT2D eigenvalue weighted by Gasteiger charge is -2.16. The first-order valence-electron chi connectivity index (χ1n) is 6.90. The zero-order chi connectivity index (χ0) is 16.1. The van der Waals surface area contributed by atoms with E-state index < -0.39 is 0 Å². The summed E-state index contributed by atoms with van der Waals surface area (Å²) in [6.07, 6.45) is 0. The van der Waals surface area contributed by atoms with E-state index in [0.29, 0.717) is 5.75 Å². The molecule has 0 saturated heterocycles. The van der Waals surface area contributed by atoms with Crippen LogP contribution >= 0.6 is 31.9 Å². The number of rotatable bonds is 5. The van der Waals surface area contributed by atoms with Crippen molar-refractivity contribution in [1.82, 2.24) is 5.32 Å². The van der Waals surface area contributed by atoms with Crippen LogP contribution in [0.15, 0.2) is 51.4 Å². The van der Waals surface area contributed by atoms with Gasteiger partial charge < -0.3 is 10.1 Å². The van der Waals surface area contributed by atoms with Gasteiger partial charge in [0.1, 0.15) is 5.75 Å². The van der Waals surface area contributed by atoms with Crippen LogP contribution in [-0.4, -0.2) is 12.5 Å². The van der Waals surface area contributed by atoms with Crippen molar-refractivity contribution in [2.75, 3.05) is 6.61 Å². The van der Waals surface area contributed by atoms with Crippen molar-refractivity contribution in [3.05, 3.63) is 62.5 Å². The fourth-order valence-corrected chi connectivity index (χ4v) is 3.67. The number of ether oxygens (including phenoxy) is 1. The normalized spacial score (nSPS) is 11.8. The molecule has 0 bridgehead atoms. The van der Waals surface area contributed by atoms with Crippen LogP contribution in [0.4, 0.5) is 0 Å². The Bertz CT molecular complexity index is 636. The Kier molecular flexibility index (Phi) is 6.03. The molecule has 1 N–H and O–H groups in total. The monoisotopic (exact) mass is 425 g/mol. The second-order valence-corrected chi connectivity index (χ2v) is 6.79. The highest BCUT2D eigenvalue weighted by molar-refractivity contribution is 9.11. The van der Waals surface area contributed by atoms with Crippen molar-refractivity contribution in [2.45, 2.75) is 19.9 Å². The number of carbonyl (C=O) groups is 1. The van der Waals surface area contributed by atoms with Crippen LogP contribution in [0.5, 0.6) is 5.75 Å². The van der Waals surface area contributed by atoms with Crippen molar-refractivity contribution in [1.29, 1.82) is 0 Å². The quantitative estimate of drug-likeness (QED) is 0.747. The zero-order valence-electron chi connectivity index (χ0n) is 12.4. The van der Waals surface area contributed by atoms with E-state index in [1.807, 2.05) is 56.3 Å². The number of nitrogens with one attached hydrogen (secondary N) is 1. The third-order valence-electron chi connectivity index (χ3n) is 3.22. The molecule has 0 heterocycles. The molecule has 1 unspecified atom stereocenters. The van der Waals surface area contributed by atoms with Gasteiger partial charge in [0.15, 0.2) is 6.61 Å². The Labute approximate surface area is 147 Å². The lowest BCUT2D eigenvalue weighted by Crippen LogP contribution is -2.31. The van der Waals surface area contributed by atoms with E-state index in [4.69, 9.17) is 4.74 Å². The van der Waals surface area contributed by atoms with Crippen molar-refractivity contribution in [3.8, 4) is 5.75 Å². The molecule has 0 saturated carbocycles. The van der Waals surface area contributed by atoms with Gasteiger partial charge in [0.2, 0.25) is 0 Å². The minimum absolute atomic E-state index is 0.0156. The van der Waals surface area contributed by atoms with E-state index in [0.717, 1.165) is 20.1 Å². The van der Waals surface area contributed by atoms with Crippen LogP contribution in [0.3, 0.4) is 0 Å². The first-order chi connectivity index (χ1) is 10.5. The summed E-state index contributed by atoms with van der Waals surface area (Å²) in [5.74, 6) is 0.538. The van der Waals surface area contributed by atoms with Crippen LogP contribution in [0.1, 0.15) is 24.1 Å². The molecule has 2 aromatic carbocycles. The van der Waals surface area contributed by atoms with Crippen LogP contribution in [0.25, 0.3) is 0 Å². The zero-order valence-corrected chi connectivity index (χ0v) is 15.6. The summed E-state index contributed by atoms with van der Waals surface area (Å²) in [4.78, 5) is 12.0. The average Bonchev–Trinajstić information content (AvgIpc) is 2.47. The van der Waals surface area contributed by atoms with E-state index in [1.54, 1.807) is 0 Å². The first kappa shape index (κ1) is 17.0. The molecule has 5 heteroatoms.